The van der Waals surface area contributed by atoms with Gasteiger partial charge in [0, 0.05) is 24.5 Å². The molecule has 6 nitrogen and oxygen atoms in total. The van der Waals surface area contributed by atoms with Gasteiger partial charge in [-0.15, -0.1) is 0 Å². The van der Waals surface area contributed by atoms with Gasteiger partial charge in [-0.3, -0.25) is 19.5 Å². The van der Waals surface area contributed by atoms with E-state index in [1.807, 2.05) is 0 Å². The number of benzene rings is 1. The minimum Gasteiger partial charge on any atom is -0.316 e. The van der Waals surface area contributed by atoms with Crippen molar-refractivity contribution in [3.8, 4) is 0 Å². The van der Waals surface area contributed by atoms with E-state index in [4.69, 9.17) is 5.73 Å². The fourth-order valence-corrected chi connectivity index (χ4v) is 1.62. The molecule has 0 fully saturated rings. The van der Waals surface area contributed by atoms with Crippen LogP contribution >= 0.6 is 0 Å². The Morgan fingerprint density at radius 1 is 1.28 bits per heavy atom. The first-order chi connectivity index (χ1) is 8.59. The summed E-state index contributed by atoms with van der Waals surface area (Å²) in [6.45, 7) is 0. The molecule has 0 aliphatic heterocycles. The molecular formula is C12H11N3O3. The van der Waals surface area contributed by atoms with Gasteiger partial charge >= 0.3 is 0 Å². The summed E-state index contributed by atoms with van der Waals surface area (Å²) < 4.78 is 1.35. The summed E-state index contributed by atoms with van der Waals surface area (Å²) in [5.74, 6) is -0.333. The number of aromatic nitrogens is 1. The second-order valence-corrected chi connectivity index (χ2v) is 3.76. The van der Waals surface area contributed by atoms with Gasteiger partial charge in [-0.2, -0.15) is 0 Å². The normalized spacial score (nSPS) is 12.1. The van der Waals surface area contributed by atoms with Crippen molar-refractivity contribution in [1.82, 2.24) is 4.57 Å². The highest BCUT2D eigenvalue weighted by atomic mass is 16.6. The van der Waals surface area contributed by atoms with E-state index in [1.54, 1.807) is 30.6 Å². The summed E-state index contributed by atoms with van der Waals surface area (Å²) in [4.78, 5) is 22.1. The van der Waals surface area contributed by atoms with Crippen LogP contribution in [0.3, 0.4) is 0 Å². The molecule has 0 radical (unpaired) electrons. The van der Waals surface area contributed by atoms with Crippen LogP contribution < -0.4 is 5.73 Å². The molecule has 2 N–H and O–H groups in total. The number of rotatable bonds is 3. The minimum absolute atomic E-state index is 0.0803. The Morgan fingerprint density at radius 3 is 2.56 bits per heavy atom. The average molecular weight is 245 g/mol. The Morgan fingerprint density at radius 2 is 1.94 bits per heavy atom. The Kier molecular flexibility index (Phi) is 3.20. The van der Waals surface area contributed by atoms with Gasteiger partial charge in [-0.05, 0) is 17.7 Å². The highest BCUT2D eigenvalue weighted by molar-refractivity contribution is 5.85. The molecular weight excluding hydrogens is 234 g/mol. The number of nitrogens with zero attached hydrogens (tertiary/aromatic N) is 2. The fraction of sp³-hybridized carbons (Fsp3) is 0.0833. The highest BCUT2D eigenvalue weighted by Crippen LogP contribution is 2.19. The van der Waals surface area contributed by atoms with Crippen LogP contribution in [0.25, 0.3) is 0 Å². The molecule has 1 heterocycles. The number of hydrogen-bond donors (Lipinski definition) is 1. The Hall–Kier alpha value is -2.47. The quantitative estimate of drug-likeness (QED) is 0.658. The van der Waals surface area contributed by atoms with Gasteiger partial charge < -0.3 is 5.73 Å². The number of carbonyl (C=O) groups is 1. The molecule has 0 saturated carbocycles. The van der Waals surface area contributed by atoms with Crippen molar-refractivity contribution in [2.75, 3.05) is 0 Å². The number of nitro benzene ring substituents is 1. The molecule has 18 heavy (non-hydrogen) atoms. The van der Waals surface area contributed by atoms with Crippen molar-refractivity contribution in [1.29, 1.82) is 0 Å². The van der Waals surface area contributed by atoms with E-state index in [1.165, 1.54) is 22.8 Å². The summed E-state index contributed by atoms with van der Waals surface area (Å²) in [5.41, 5.74) is 6.14. The van der Waals surface area contributed by atoms with Crippen LogP contribution in [0.1, 0.15) is 16.4 Å². The van der Waals surface area contributed by atoms with Crippen LogP contribution in [0.2, 0.25) is 0 Å². The molecule has 0 amide bonds. The third-order valence-corrected chi connectivity index (χ3v) is 2.57. The van der Waals surface area contributed by atoms with Crippen molar-refractivity contribution in [3.63, 3.8) is 0 Å². The number of nitro groups is 1. The maximum absolute atomic E-state index is 12.0. The lowest BCUT2D eigenvalue weighted by molar-refractivity contribution is -0.384. The van der Waals surface area contributed by atoms with Crippen LogP contribution in [0.4, 0.5) is 5.69 Å². The van der Waals surface area contributed by atoms with Crippen LogP contribution in [-0.2, 0) is 0 Å². The molecule has 1 aromatic carbocycles. The van der Waals surface area contributed by atoms with Gasteiger partial charge in [0.1, 0.15) is 6.04 Å². The molecule has 0 aliphatic carbocycles. The van der Waals surface area contributed by atoms with Gasteiger partial charge in [0.2, 0.25) is 0 Å². The predicted molar refractivity (Wildman–Crippen MR) is 65.1 cm³/mol. The molecule has 2 rings (SSSR count). The van der Waals surface area contributed by atoms with E-state index in [9.17, 15) is 14.9 Å². The predicted octanol–water partition coefficient (Wildman–Crippen LogP) is 1.74. The topological polar surface area (TPSA) is 91.2 Å². The van der Waals surface area contributed by atoms with Crippen LogP contribution in [0.5, 0.6) is 0 Å². The monoisotopic (exact) mass is 245 g/mol. The molecule has 1 atom stereocenters. The van der Waals surface area contributed by atoms with Crippen molar-refractivity contribution in [2.24, 2.45) is 5.73 Å². The third kappa shape index (κ3) is 2.28. The van der Waals surface area contributed by atoms with E-state index >= 15 is 0 Å². The summed E-state index contributed by atoms with van der Waals surface area (Å²) in [6.07, 6.45) is 3.17. The van der Waals surface area contributed by atoms with Gasteiger partial charge in [0.05, 0.1) is 4.92 Å². The van der Waals surface area contributed by atoms with E-state index in [2.05, 4.69) is 0 Å². The summed E-state index contributed by atoms with van der Waals surface area (Å²) in [6, 6.07) is 8.27. The van der Waals surface area contributed by atoms with E-state index in [0.29, 0.717) is 5.56 Å². The molecule has 0 aliphatic rings. The van der Waals surface area contributed by atoms with Crippen LogP contribution in [0.15, 0.2) is 48.8 Å². The molecule has 1 aromatic heterocycles. The maximum Gasteiger partial charge on any atom is 0.269 e. The lowest BCUT2D eigenvalue weighted by Gasteiger charge is -2.11. The highest BCUT2D eigenvalue weighted by Gasteiger charge is 2.19. The maximum atomic E-state index is 12.0. The van der Waals surface area contributed by atoms with Crippen molar-refractivity contribution >= 4 is 11.6 Å². The smallest absolute Gasteiger partial charge is 0.269 e. The third-order valence-electron chi connectivity index (χ3n) is 2.57. The summed E-state index contributed by atoms with van der Waals surface area (Å²) in [5, 5.41) is 10.6. The van der Waals surface area contributed by atoms with Crippen molar-refractivity contribution < 1.29 is 9.72 Å². The fourth-order valence-electron chi connectivity index (χ4n) is 1.62. The van der Waals surface area contributed by atoms with Gasteiger partial charge in [0.15, 0.2) is 0 Å². The first-order valence-electron chi connectivity index (χ1n) is 5.26. The van der Waals surface area contributed by atoms with E-state index in [-0.39, 0.29) is 11.6 Å². The Balaban J connectivity index is 2.29. The number of carbonyl (C=O) groups excluding carboxylic acids is 1. The van der Waals surface area contributed by atoms with E-state index < -0.39 is 11.0 Å². The zero-order chi connectivity index (χ0) is 13.1. The average Bonchev–Trinajstić information content (AvgIpc) is 2.91. The zero-order valence-electron chi connectivity index (χ0n) is 9.39. The lowest BCUT2D eigenvalue weighted by atomic mass is 10.1. The zero-order valence-corrected chi connectivity index (χ0v) is 9.39. The van der Waals surface area contributed by atoms with Crippen molar-refractivity contribution in [2.45, 2.75) is 6.04 Å². The molecule has 0 saturated heterocycles. The van der Waals surface area contributed by atoms with Crippen LogP contribution in [-0.4, -0.2) is 15.4 Å². The van der Waals surface area contributed by atoms with Gasteiger partial charge in [-0.1, -0.05) is 12.1 Å². The van der Waals surface area contributed by atoms with Crippen molar-refractivity contribution in [3.05, 3.63) is 64.5 Å². The molecule has 92 valence electrons. The molecule has 0 spiro atoms. The van der Waals surface area contributed by atoms with E-state index in [0.717, 1.165) is 0 Å². The Bertz CT molecular complexity index is 578. The molecule has 0 unspecified atom stereocenters. The first-order valence-corrected chi connectivity index (χ1v) is 5.26. The largest absolute Gasteiger partial charge is 0.316 e. The standard InChI is InChI=1S/C12H11N3O3/c13-11(12(16)14-6-1-2-7-14)9-4-3-5-10(8-9)15(17)18/h1-8,11H,13H2/t11-/m0/s1. The van der Waals surface area contributed by atoms with Crippen LogP contribution in [0, 0.1) is 10.1 Å². The second-order valence-electron chi connectivity index (χ2n) is 3.76. The lowest BCUT2D eigenvalue weighted by Crippen LogP contribution is -2.25. The van der Waals surface area contributed by atoms with Gasteiger partial charge in [0.25, 0.3) is 11.6 Å². The molecule has 2 aromatic rings. The van der Waals surface area contributed by atoms with Gasteiger partial charge in [-0.25, -0.2) is 0 Å². The SMILES string of the molecule is N[C@H](C(=O)n1cccc1)c1cccc([N+](=O)[O-])c1. The Labute approximate surface area is 103 Å². The number of non-ortho nitro benzene ring substituents is 1. The number of hydrogen-bond acceptors (Lipinski definition) is 4. The summed E-state index contributed by atoms with van der Waals surface area (Å²) in [7, 11) is 0. The summed E-state index contributed by atoms with van der Waals surface area (Å²) >= 11 is 0. The molecule has 6 heteroatoms. The minimum atomic E-state index is -0.919. The first kappa shape index (κ1) is 12.0. The molecule has 0 bridgehead atoms. The number of nitrogens with two attached hydrogens (primary N) is 1. The second kappa shape index (κ2) is 4.80.